The summed E-state index contributed by atoms with van der Waals surface area (Å²) in [5.41, 5.74) is 5.56. The first-order valence-electron chi connectivity index (χ1n) is 6.44. The van der Waals surface area contributed by atoms with Crippen LogP contribution in [0.2, 0.25) is 0 Å². The van der Waals surface area contributed by atoms with Crippen LogP contribution >= 0.6 is 7.60 Å². The Hall–Kier alpha value is -1.30. The molecule has 2 aromatic rings. The maximum Gasteiger partial charge on any atom is 0.325 e. The maximum atomic E-state index is 10.1. The highest BCUT2D eigenvalue weighted by molar-refractivity contribution is 7.51. The van der Waals surface area contributed by atoms with Gasteiger partial charge in [0.05, 0.1) is 11.7 Å². The van der Waals surface area contributed by atoms with Gasteiger partial charge in [0, 0.05) is 25.3 Å². The minimum Gasteiger partial charge on any atom is -0.385 e. The molecule has 0 aliphatic carbocycles. The molecule has 6 nitrogen and oxygen atoms in total. The van der Waals surface area contributed by atoms with Gasteiger partial charge in [-0.05, 0) is 25.6 Å². The van der Waals surface area contributed by atoms with Gasteiger partial charge in [-0.2, -0.15) is 0 Å². The zero-order chi connectivity index (χ0) is 16.1. The van der Waals surface area contributed by atoms with Crippen molar-refractivity contribution in [2.75, 3.05) is 26.9 Å². The minimum atomic E-state index is -3.78. The Morgan fingerprint density at radius 3 is 2.38 bits per heavy atom. The topological polar surface area (TPSA) is 106 Å². The van der Waals surface area contributed by atoms with Crippen LogP contribution in [0.1, 0.15) is 6.42 Å². The number of benzene rings is 1. The molecule has 2 rings (SSSR count). The highest BCUT2D eigenvalue weighted by Gasteiger charge is 2.10. The lowest BCUT2D eigenvalue weighted by Crippen LogP contribution is -1.93. The summed E-state index contributed by atoms with van der Waals surface area (Å²) in [6.07, 6.45) is 2.14. The zero-order valence-electron chi connectivity index (χ0n) is 12.3. The van der Waals surface area contributed by atoms with Crippen molar-refractivity contribution in [2.45, 2.75) is 6.42 Å². The van der Waals surface area contributed by atoms with Crippen molar-refractivity contribution in [1.82, 2.24) is 4.98 Å². The predicted molar refractivity (Wildman–Crippen MR) is 85.3 cm³/mol. The lowest BCUT2D eigenvalue weighted by Gasteiger charge is -2.00. The molecular formula is C14H23N2O4P. The summed E-state index contributed by atoms with van der Waals surface area (Å²) in [5.74, 6) is 0. The Bertz CT molecular complexity index is 480. The number of para-hydroxylation sites is 1. The highest BCUT2D eigenvalue weighted by Crippen LogP contribution is 2.34. The average molecular weight is 314 g/mol. The Labute approximate surface area is 125 Å². The Kier molecular flexibility index (Phi) is 10.7. The van der Waals surface area contributed by atoms with E-state index in [-0.39, 0.29) is 6.16 Å². The van der Waals surface area contributed by atoms with Gasteiger partial charge >= 0.3 is 7.60 Å². The van der Waals surface area contributed by atoms with Crippen molar-refractivity contribution < 1.29 is 19.1 Å². The molecule has 7 heteroatoms. The monoisotopic (exact) mass is 314 g/mol. The molecule has 0 unspecified atom stereocenters. The molecule has 0 aliphatic heterocycles. The van der Waals surface area contributed by atoms with E-state index < -0.39 is 7.60 Å². The van der Waals surface area contributed by atoms with Crippen LogP contribution in [0.3, 0.4) is 0 Å². The summed E-state index contributed by atoms with van der Waals surface area (Å²) >= 11 is 0. The molecule has 21 heavy (non-hydrogen) atoms. The van der Waals surface area contributed by atoms with Gasteiger partial charge in [-0.3, -0.25) is 9.55 Å². The van der Waals surface area contributed by atoms with Crippen LogP contribution in [0.25, 0.3) is 10.9 Å². The summed E-state index contributed by atoms with van der Waals surface area (Å²) in [6, 6.07) is 12.1. The van der Waals surface area contributed by atoms with Gasteiger partial charge < -0.3 is 20.3 Å². The molecule has 0 fully saturated rings. The number of nitrogens with two attached hydrogens (primary N) is 1. The summed E-state index contributed by atoms with van der Waals surface area (Å²) in [6.45, 7) is 0.408. The fourth-order valence-corrected chi connectivity index (χ4v) is 1.97. The molecule has 1 aromatic heterocycles. The molecule has 0 atom stereocenters. The van der Waals surface area contributed by atoms with Crippen molar-refractivity contribution in [2.24, 2.45) is 5.73 Å². The van der Waals surface area contributed by atoms with Crippen LogP contribution in [-0.4, -0.2) is 41.7 Å². The second-order valence-corrected chi connectivity index (χ2v) is 5.71. The zero-order valence-corrected chi connectivity index (χ0v) is 13.2. The normalized spacial score (nSPS) is 10.1. The van der Waals surface area contributed by atoms with Crippen molar-refractivity contribution in [3.63, 3.8) is 0 Å². The van der Waals surface area contributed by atoms with Crippen LogP contribution < -0.4 is 5.73 Å². The second kappa shape index (κ2) is 11.4. The molecular weight excluding hydrogens is 291 g/mol. The Morgan fingerprint density at radius 2 is 1.81 bits per heavy atom. The van der Waals surface area contributed by atoms with E-state index in [0.29, 0.717) is 13.0 Å². The van der Waals surface area contributed by atoms with E-state index in [1.807, 2.05) is 30.5 Å². The molecule has 1 aromatic carbocycles. The Morgan fingerprint density at radius 1 is 1.19 bits per heavy atom. The minimum absolute atomic E-state index is 0.0825. The largest absolute Gasteiger partial charge is 0.385 e. The number of nitrogens with zero attached hydrogens (tertiary/aromatic N) is 1. The second-order valence-electron chi connectivity index (χ2n) is 3.93. The van der Waals surface area contributed by atoms with Crippen molar-refractivity contribution >= 4 is 18.5 Å². The van der Waals surface area contributed by atoms with Gasteiger partial charge in [0.2, 0.25) is 0 Å². The number of hydrogen-bond donors (Lipinski definition) is 3. The first-order valence-corrected chi connectivity index (χ1v) is 8.24. The quantitative estimate of drug-likeness (QED) is 0.589. The smallest absolute Gasteiger partial charge is 0.325 e. The van der Waals surface area contributed by atoms with Crippen LogP contribution in [0, 0.1) is 0 Å². The fraction of sp³-hybridized carbons (Fsp3) is 0.357. The van der Waals surface area contributed by atoms with Crippen LogP contribution in [0.4, 0.5) is 0 Å². The van der Waals surface area contributed by atoms with Gasteiger partial charge in [-0.25, -0.2) is 0 Å². The van der Waals surface area contributed by atoms with Crippen molar-refractivity contribution in [3.05, 3.63) is 42.6 Å². The molecule has 0 saturated heterocycles. The van der Waals surface area contributed by atoms with Gasteiger partial charge in [0.1, 0.15) is 0 Å². The van der Waals surface area contributed by atoms with E-state index in [1.165, 1.54) is 19.5 Å². The van der Waals surface area contributed by atoms with Gasteiger partial charge in [0.25, 0.3) is 0 Å². The number of pyridine rings is 1. The number of hydrogen-bond acceptors (Lipinski definition) is 4. The van der Waals surface area contributed by atoms with Gasteiger partial charge in [-0.1, -0.05) is 24.3 Å². The molecule has 1 heterocycles. The third-order valence-corrected chi connectivity index (χ3v) is 3.21. The number of methoxy groups -OCH3 is 1. The third kappa shape index (κ3) is 10.1. The average Bonchev–Trinajstić information content (AvgIpc) is 2.49. The molecule has 4 N–H and O–H groups in total. The van der Waals surface area contributed by atoms with Crippen LogP contribution in [-0.2, 0) is 9.30 Å². The SMILES string of the molecule is CN.COCCCP(=O)(O)O.c1ccc2ncccc2c1. The van der Waals surface area contributed by atoms with Crippen molar-refractivity contribution in [1.29, 1.82) is 0 Å². The number of aromatic nitrogens is 1. The van der Waals surface area contributed by atoms with Crippen molar-refractivity contribution in [3.8, 4) is 0 Å². The third-order valence-electron chi connectivity index (χ3n) is 2.31. The molecule has 0 amide bonds. The first kappa shape index (κ1) is 19.7. The first-order chi connectivity index (χ1) is 10.0. The van der Waals surface area contributed by atoms with E-state index in [1.54, 1.807) is 0 Å². The molecule has 0 bridgehead atoms. The Balaban J connectivity index is 0.000000344. The van der Waals surface area contributed by atoms with E-state index in [9.17, 15) is 4.57 Å². The molecule has 0 aliphatic rings. The molecule has 0 saturated carbocycles. The van der Waals surface area contributed by atoms with E-state index in [2.05, 4.69) is 27.6 Å². The lowest BCUT2D eigenvalue weighted by molar-refractivity contribution is 0.197. The number of rotatable bonds is 4. The fourth-order valence-electron chi connectivity index (χ4n) is 1.43. The molecule has 0 spiro atoms. The van der Waals surface area contributed by atoms with Crippen LogP contribution in [0.5, 0.6) is 0 Å². The van der Waals surface area contributed by atoms with Crippen LogP contribution in [0.15, 0.2) is 42.6 Å². The highest BCUT2D eigenvalue weighted by atomic mass is 31.2. The summed E-state index contributed by atoms with van der Waals surface area (Å²) in [5, 5.41) is 1.20. The van der Waals surface area contributed by atoms with Gasteiger partial charge in [0.15, 0.2) is 0 Å². The summed E-state index contributed by atoms with van der Waals surface area (Å²) < 4.78 is 14.7. The predicted octanol–water partition coefficient (Wildman–Crippen LogP) is 2.01. The maximum absolute atomic E-state index is 10.1. The standard InChI is InChI=1S/C9H7N.C4H11O4P.CH5N/c1-2-6-9-8(4-1)5-3-7-10-9;1-8-3-2-4-9(5,6)7;1-2/h1-7H;2-4H2,1H3,(H2,5,6,7);2H2,1H3. The van der Waals surface area contributed by atoms with E-state index in [0.717, 1.165) is 5.52 Å². The summed E-state index contributed by atoms with van der Waals surface area (Å²) in [7, 11) is -0.776. The lowest BCUT2D eigenvalue weighted by atomic mass is 10.2. The van der Waals surface area contributed by atoms with E-state index in [4.69, 9.17) is 9.79 Å². The molecule has 0 radical (unpaired) electrons. The summed E-state index contributed by atoms with van der Waals surface area (Å²) in [4.78, 5) is 20.8. The number of fused-ring (bicyclic) bond motifs is 1. The molecule has 118 valence electrons. The van der Waals surface area contributed by atoms with Gasteiger partial charge in [-0.15, -0.1) is 0 Å². The number of ether oxygens (including phenoxy) is 1. The van der Waals surface area contributed by atoms with E-state index >= 15 is 0 Å².